The molecule has 1 aromatic heterocycles. The Morgan fingerprint density at radius 2 is 1.81 bits per heavy atom. The fourth-order valence-electron chi connectivity index (χ4n) is 2.91. The lowest BCUT2D eigenvalue weighted by molar-refractivity contribution is -0.130. The molecular weight excluding hydrogens is 384 g/mol. The van der Waals surface area contributed by atoms with Gasteiger partial charge in [-0.2, -0.15) is 0 Å². The van der Waals surface area contributed by atoms with Crippen molar-refractivity contribution in [3.05, 3.63) is 34.9 Å². The minimum atomic E-state index is -0.206. The monoisotopic (exact) mass is 408 g/mol. The second-order valence-electron chi connectivity index (χ2n) is 7.62. The topological polar surface area (TPSA) is 67.2 Å². The molecule has 0 atom stereocenters. The summed E-state index contributed by atoms with van der Waals surface area (Å²) in [5.41, 5.74) is 1.03. The third kappa shape index (κ3) is 5.43. The first-order valence-corrected chi connectivity index (χ1v) is 10.4. The Bertz CT molecular complexity index is 765. The van der Waals surface area contributed by atoms with Crippen molar-refractivity contribution in [2.45, 2.75) is 38.0 Å². The molecule has 0 N–H and O–H groups in total. The van der Waals surface area contributed by atoms with Crippen molar-refractivity contribution < 1.29 is 4.79 Å². The van der Waals surface area contributed by atoms with Crippen molar-refractivity contribution in [3.63, 3.8) is 0 Å². The predicted molar refractivity (Wildman–Crippen MR) is 107 cm³/mol. The zero-order chi connectivity index (χ0) is 19.4. The van der Waals surface area contributed by atoms with Gasteiger partial charge in [-0.1, -0.05) is 35.5 Å². The largest absolute Gasteiger partial charge is 0.339 e. The third-order valence-electron chi connectivity index (χ3n) is 4.45. The minimum absolute atomic E-state index is 0.134. The van der Waals surface area contributed by atoms with Gasteiger partial charge in [0.2, 0.25) is 11.1 Å². The van der Waals surface area contributed by atoms with E-state index in [2.05, 4.69) is 32.6 Å². The summed E-state index contributed by atoms with van der Waals surface area (Å²) in [5.74, 6) is 0.489. The number of hydrogen-bond donors (Lipinski definition) is 0. The van der Waals surface area contributed by atoms with Crippen LogP contribution in [0.5, 0.6) is 0 Å². The number of thioether (sulfide) groups is 1. The van der Waals surface area contributed by atoms with Crippen molar-refractivity contribution in [2.24, 2.45) is 0 Å². The van der Waals surface area contributed by atoms with Crippen LogP contribution in [-0.4, -0.2) is 67.8 Å². The van der Waals surface area contributed by atoms with Gasteiger partial charge in [0.25, 0.3) is 0 Å². The Balaban J connectivity index is 1.46. The summed E-state index contributed by atoms with van der Waals surface area (Å²) in [6, 6.07) is 7.93. The molecule has 2 heterocycles. The molecule has 9 heteroatoms. The molecule has 0 aliphatic carbocycles. The summed E-state index contributed by atoms with van der Waals surface area (Å²) in [7, 11) is 0. The Hall–Kier alpha value is -1.64. The number of amides is 1. The van der Waals surface area contributed by atoms with Gasteiger partial charge in [0, 0.05) is 37.7 Å². The molecule has 1 amide bonds. The molecule has 27 heavy (non-hydrogen) atoms. The number of rotatable bonds is 5. The minimum Gasteiger partial charge on any atom is -0.339 e. The van der Waals surface area contributed by atoms with Crippen LogP contribution in [0.3, 0.4) is 0 Å². The summed E-state index contributed by atoms with van der Waals surface area (Å²) >= 11 is 7.33. The van der Waals surface area contributed by atoms with Crippen LogP contribution in [-0.2, 0) is 16.9 Å². The Kier molecular flexibility index (Phi) is 6.39. The molecule has 7 nitrogen and oxygen atoms in total. The molecule has 1 fully saturated rings. The summed E-state index contributed by atoms with van der Waals surface area (Å²) < 4.78 is 1.76. The van der Waals surface area contributed by atoms with E-state index in [1.54, 1.807) is 4.68 Å². The van der Waals surface area contributed by atoms with Crippen molar-refractivity contribution in [2.75, 3.05) is 31.9 Å². The van der Waals surface area contributed by atoms with E-state index in [0.29, 0.717) is 10.9 Å². The fraction of sp³-hybridized carbons (Fsp3) is 0.556. The maximum absolute atomic E-state index is 12.6. The van der Waals surface area contributed by atoms with E-state index in [9.17, 15) is 4.79 Å². The number of benzene rings is 1. The van der Waals surface area contributed by atoms with Crippen molar-refractivity contribution in [1.29, 1.82) is 0 Å². The zero-order valence-corrected chi connectivity index (χ0v) is 17.5. The van der Waals surface area contributed by atoms with Gasteiger partial charge in [-0.15, -0.1) is 5.10 Å². The summed E-state index contributed by atoms with van der Waals surface area (Å²) in [4.78, 5) is 16.8. The molecule has 1 aliphatic heterocycles. The Labute approximate surface area is 169 Å². The highest BCUT2D eigenvalue weighted by Crippen LogP contribution is 2.22. The molecule has 3 rings (SSSR count). The molecule has 146 valence electrons. The van der Waals surface area contributed by atoms with Crippen LogP contribution >= 0.6 is 23.4 Å². The summed E-state index contributed by atoms with van der Waals surface area (Å²) in [6.07, 6.45) is 0. The van der Waals surface area contributed by atoms with Gasteiger partial charge in [-0.25, -0.2) is 4.68 Å². The number of hydrogen-bond acceptors (Lipinski definition) is 6. The molecule has 0 radical (unpaired) electrons. The molecule has 1 aromatic carbocycles. The second kappa shape index (κ2) is 8.58. The zero-order valence-electron chi connectivity index (χ0n) is 15.9. The van der Waals surface area contributed by atoms with Crippen molar-refractivity contribution in [3.8, 4) is 0 Å². The highest BCUT2D eigenvalue weighted by molar-refractivity contribution is 7.99. The first kappa shape index (κ1) is 20.1. The third-order valence-corrected chi connectivity index (χ3v) is 5.60. The highest BCUT2D eigenvalue weighted by Gasteiger charge is 2.24. The van der Waals surface area contributed by atoms with Crippen molar-refractivity contribution >= 4 is 29.3 Å². The molecule has 0 spiro atoms. The van der Waals surface area contributed by atoms with E-state index in [1.807, 2.05) is 37.8 Å². The van der Waals surface area contributed by atoms with E-state index in [0.717, 1.165) is 37.7 Å². The maximum Gasteiger partial charge on any atom is 0.233 e. The number of halogens is 1. The van der Waals surface area contributed by atoms with Gasteiger partial charge < -0.3 is 4.90 Å². The van der Waals surface area contributed by atoms with Crippen LogP contribution in [0.1, 0.15) is 26.3 Å². The van der Waals surface area contributed by atoms with E-state index in [4.69, 9.17) is 11.6 Å². The number of carbonyl (C=O) groups is 1. The number of aromatic nitrogens is 4. The Morgan fingerprint density at radius 3 is 2.44 bits per heavy atom. The van der Waals surface area contributed by atoms with Crippen LogP contribution in [0.4, 0.5) is 0 Å². The van der Waals surface area contributed by atoms with E-state index in [-0.39, 0.29) is 11.4 Å². The van der Waals surface area contributed by atoms with Crippen LogP contribution in [0.25, 0.3) is 0 Å². The van der Waals surface area contributed by atoms with Crippen LogP contribution in [0.2, 0.25) is 5.02 Å². The van der Waals surface area contributed by atoms with E-state index >= 15 is 0 Å². The number of tetrazole rings is 1. The highest BCUT2D eigenvalue weighted by atomic mass is 35.5. The number of carbonyl (C=O) groups excluding carboxylic acids is 1. The summed E-state index contributed by atoms with van der Waals surface area (Å²) in [6.45, 7) is 10.2. The lowest BCUT2D eigenvalue weighted by Gasteiger charge is -2.34. The molecular formula is C18H25ClN6OS. The SMILES string of the molecule is CC(C)(C)n1nnnc1SCC(=O)N1CCN(Cc2ccc(Cl)cc2)CC1. The number of nitrogens with zero attached hydrogens (tertiary/aromatic N) is 6. The molecule has 0 bridgehead atoms. The van der Waals surface area contributed by atoms with Gasteiger partial charge >= 0.3 is 0 Å². The van der Waals surface area contributed by atoms with Crippen molar-refractivity contribution in [1.82, 2.24) is 30.0 Å². The molecule has 1 aliphatic rings. The lowest BCUT2D eigenvalue weighted by Crippen LogP contribution is -2.48. The predicted octanol–water partition coefficient (Wildman–Crippen LogP) is 2.52. The normalized spacial score (nSPS) is 15.9. The Morgan fingerprint density at radius 1 is 1.15 bits per heavy atom. The van der Waals surface area contributed by atoms with Crippen LogP contribution in [0, 0.1) is 0 Å². The van der Waals surface area contributed by atoms with E-state index < -0.39 is 0 Å². The quantitative estimate of drug-likeness (QED) is 0.708. The smallest absolute Gasteiger partial charge is 0.233 e. The average Bonchev–Trinajstić information content (AvgIpc) is 3.11. The van der Waals surface area contributed by atoms with Crippen LogP contribution < -0.4 is 0 Å². The lowest BCUT2D eigenvalue weighted by atomic mass is 10.1. The first-order valence-electron chi connectivity index (χ1n) is 8.99. The van der Waals surface area contributed by atoms with Gasteiger partial charge in [-0.05, 0) is 48.9 Å². The van der Waals surface area contributed by atoms with Gasteiger partial charge in [0.1, 0.15) is 0 Å². The van der Waals surface area contributed by atoms with Crippen LogP contribution in [0.15, 0.2) is 29.4 Å². The fourth-order valence-corrected chi connectivity index (χ4v) is 4.00. The van der Waals surface area contributed by atoms with Gasteiger partial charge in [0.15, 0.2) is 0 Å². The molecule has 2 aromatic rings. The average molecular weight is 409 g/mol. The van der Waals surface area contributed by atoms with E-state index in [1.165, 1.54) is 17.3 Å². The maximum atomic E-state index is 12.6. The first-order chi connectivity index (χ1) is 12.8. The van der Waals surface area contributed by atoms with Gasteiger partial charge in [-0.3, -0.25) is 9.69 Å². The molecule has 0 unspecified atom stereocenters. The standard InChI is InChI=1S/C18H25ClN6OS/c1-18(2,3)25-17(20-21-22-25)27-13-16(26)24-10-8-23(9-11-24)12-14-4-6-15(19)7-5-14/h4-7H,8-13H2,1-3H3. The number of piperazine rings is 1. The second-order valence-corrected chi connectivity index (χ2v) is 9.00. The molecule has 1 saturated heterocycles. The summed E-state index contributed by atoms with van der Waals surface area (Å²) in [5, 5.41) is 13.2. The van der Waals surface area contributed by atoms with Gasteiger partial charge in [0.05, 0.1) is 11.3 Å². The molecule has 0 saturated carbocycles.